The van der Waals surface area contributed by atoms with Crippen LogP contribution in [0.25, 0.3) is 5.65 Å². The summed E-state index contributed by atoms with van der Waals surface area (Å²) in [6.07, 6.45) is 3.19. The van der Waals surface area contributed by atoms with E-state index in [2.05, 4.69) is 4.98 Å². The molecule has 0 fully saturated rings. The number of hydrogen-bond donors (Lipinski definition) is 1. The maximum absolute atomic E-state index is 12.9. The Kier molecular flexibility index (Phi) is 5.28. The van der Waals surface area contributed by atoms with E-state index in [1.807, 2.05) is 18.2 Å². The number of benzene rings is 1. The quantitative estimate of drug-likeness (QED) is 0.221. The molecule has 0 bridgehead atoms. The largest absolute Gasteiger partial charge is 0.474 e. The second kappa shape index (κ2) is 8.02. The number of thiazole rings is 1. The van der Waals surface area contributed by atoms with Crippen LogP contribution in [-0.2, 0) is 22.7 Å². The molecule has 146 valence electrons. The second-order valence-electron chi connectivity index (χ2n) is 6.16. The summed E-state index contributed by atoms with van der Waals surface area (Å²) in [4.78, 5) is 30.0. The van der Waals surface area contributed by atoms with Gasteiger partial charge in [0.15, 0.2) is 4.47 Å². The summed E-state index contributed by atoms with van der Waals surface area (Å²) < 4.78 is 8.49. The Labute approximate surface area is 174 Å². The van der Waals surface area contributed by atoms with Crippen molar-refractivity contribution in [3.63, 3.8) is 0 Å². The Balaban J connectivity index is 1.68. The van der Waals surface area contributed by atoms with Gasteiger partial charge in [0.2, 0.25) is 0 Å². The van der Waals surface area contributed by atoms with Crippen LogP contribution >= 0.6 is 22.9 Å². The van der Waals surface area contributed by atoms with E-state index in [0.717, 1.165) is 10.4 Å². The Hall–Kier alpha value is -3.23. The predicted octanol–water partition coefficient (Wildman–Crippen LogP) is 3.02. The zero-order chi connectivity index (χ0) is 20.4. The summed E-state index contributed by atoms with van der Waals surface area (Å²) in [6.45, 7) is 0.176. The standard InChI is InChI=1S/C20H14ClN3O4S/c21-20-22-10-14(29-20)11-24-15-8-4-5-9-23(15)18(26)16(24)17(25)19(27)28-12-13-6-2-1-3-7-13/h1-10H,11-12H2/p+1. The molecule has 0 radical (unpaired) electrons. The molecular weight excluding hydrogens is 414 g/mol. The molecule has 9 heteroatoms. The monoisotopic (exact) mass is 428 g/mol. The molecule has 0 spiro atoms. The van der Waals surface area contributed by atoms with E-state index in [4.69, 9.17) is 16.3 Å². The highest BCUT2D eigenvalue weighted by Gasteiger charge is 2.36. The number of aromatic nitrogens is 3. The van der Waals surface area contributed by atoms with Gasteiger partial charge in [0, 0.05) is 12.3 Å². The van der Waals surface area contributed by atoms with E-state index in [9.17, 15) is 14.7 Å². The average Bonchev–Trinajstić information content (AvgIpc) is 3.28. The molecular formula is C20H15ClN3O4S+. The first-order valence-corrected chi connectivity index (χ1v) is 9.81. The number of fused-ring (bicyclic) bond motifs is 1. The SMILES string of the molecule is O=C(OCc1ccccc1)C(=O)c1c(O)[n+]2ccccc2n1Cc1cnc(Cl)s1. The number of ether oxygens (including phenoxy) is 1. The minimum absolute atomic E-state index is 0.0377. The van der Waals surface area contributed by atoms with E-state index in [0.29, 0.717) is 10.1 Å². The molecule has 4 aromatic rings. The number of esters is 1. The van der Waals surface area contributed by atoms with Gasteiger partial charge in [-0.05, 0) is 11.6 Å². The number of ketones is 1. The van der Waals surface area contributed by atoms with Crippen molar-refractivity contribution in [1.29, 1.82) is 0 Å². The summed E-state index contributed by atoms with van der Waals surface area (Å²) in [5, 5.41) is 10.6. The van der Waals surface area contributed by atoms with Crippen molar-refractivity contribution in [2.75, 3.05) is 0 Å². The lowest BCUT2D eigenvalue weighted by Gasteiger charge is -2.04. The molecule has 3 heterocycles. The highest BCUT2D eigenvalue weighted by molar-refractivity contribution is 7.15. The van der Waals surface area contributed by atoms with Gasteiger partial charge in [-0.15, -0.1) is 11.3 Å². The Morgan fingerprint density at radius 2 is 1.93 bits per heavy atom. The zero-order valence-electron chi connectivity index (χ0n) is 15.0. The predicted molar refractivity (Wildman–Crippen MR) is 106 cm³/mol. The molecule has 0 aliphatic carbocycles. The van der Waals surface area contributed by atoms with Gasteiger partial charge in [-0.3, -0.25) is 4.79 Å². The van der Waals surface area contributed by atoms with Gasteiger partial charge >= 0.3 is 17.6 Å². The van der Waals surface area contributed by atoms with Crippen LogP contribution in [0.5, 0.6) is 5.88 Å². The lowest BCUT2D eigenvalue weighted by molar-refractivity contribution is -0.521. The Bertz CT molecular complexity index is 1200. The van der Waals surface area contributed by atoms with Crippen LogP contribution < -0.4 is 4.40 Å². The first-order chi connectivity index (χ1) is 14.0. The molecule has 4 rings (SSSR count). The smallest absolute Gasteiger partial charge is 0.384 e. The van der Waals surface area contributed by atoms with Crippen LogP contribution in [0, 0.1) is 0 Å². The molecule has 1 N–H and O–H groups in total. The number of Topliss-reactive ketones (excluding diaryl/α,β-unsaturated/α-hetero) is 1. The number of carbonyl (C=O) groups excluding carboxylic acids is 2. The van der Waals surface area contributed by atoms with Crippen molar-refractivity contribution in [2.24, 2.45) is 0 Å². The fraction of sp³-hybridized carbons (Fsp3) is 0.100. The van der Waals surface area contributed by atoms with Gasteiger partial charge in [-0.25, -0.2) is 14.3 Å². The van der Waals surface area contributed by atoms with Crippen LogP contribution in [-0.4, -0.2) is 26.4 Å². The van der Waals surface area contributed by atoms with E-state index in [1.54, 1.807) is 47.3 Å². The van der Waals surface area contributed by atoms with E-state index >= 15 is 0 Å². The van der Waals surface area contributed by atoms with Gasteiger partial charge in [0.1, 0.15) is 13.2 Å². The van der Waals surface area contributed by atoms with Crippen molar-refractivity contribution in [2.45, 2.75) is 13.2 Å². The van der Waals surface area contributed by atoms with Gasteiger partial charge in [-0.1, -0.05) is 48.0 Å². The van der Waals surface area contributed by atoms with E-state index in [1.165, 1.54) is 15.7 Å². The summed E-state index contributed by atoms with van der Waals surface area (Å²) in [6, 6.07) is 14.3. The highest BCUT2D eigenvalue weighted by atomic mass is 35.5. The number of rotatable bonds is 6. The molecule has 0 aliphatic rings. The lowest BCUT2D eigenvalue weighted by atomic mass is 10.2. The molecule has 0 atom stereocenters. The van der Waals surface area contributed by atoms with Crippen LogP contribution in [0.15, 0.2) is 60.9 Å². The number of nitrogens with zero attached hydrogens (tertiary/aromatic N) is 3. The molecule has 0 unspecified atom stereocenters. The number of imidazole rings is 1. The molecule has 0 saturated heterocycles. The van der Waals surface area contributed by atoms with Crippen molar-refractivity contribution in [1.82, 2.24) is 9.55 Å². The van der Waals surface area contributed by atoms with Gasteiger partial charge in [0.25, 0.3) is 11.3 Å². The number of aromatic hydroxyl groups is 1. The average molecular weight is 429 g/mol. The summed E-state index contributed by atoms with van der Waals surface area (Å²) in [7, 11) is 0. The topological polar surface area (TPSA) is 85.5 Å². The lowest BCUT2D eigenvalue weighted by Crippen LogP contribution is -2.21. The number of hydrogen-bond acceptors (Lipinski definition) is 6. The Morgan fingerprint density at radius 3 is 2.66 bits per heavy atom. The maximum Gasteiger partial charge on any atom is 0.384 e. The van der Waals surface area contributed by atoms with Crippen molar-refractivity contribution >= 4 is 40.3 Å². The van der Waals surface area contributed by atoms with Crippen LogP contribution in [0.3, 0.4) is 0 Å². The first kappa shape index (κ1) is 19.1. The van der Waals surface area contributed by atoms with Crippen LogP contribution in [0.2, 0.25) is 4.47 Å². The first-order valence-electron chi connectivity index (χ1n) is 8.62. The van der Waals surface area contributed by atoms with Gasteiger partial charge < -0.3 is 9.84 Å². The molecule has 0 saturated carbocycles. The third kappa shape index (κ3) is 3.85. The molecule has 7 nitrogen and oxygen atoms in total. The van der Waals surface area contributed by atoms with Crippen molar-refractivity contribution in [3.8, 4) is 5.88 Å². The summed E-state index contributed by atoms with van der Waals surface area (Å²) in [5.74, 6) is -2.31. The summed E-state index contributed by atoms with van der Waals surface area (Å²) in [5.41, 5.74) is 1.14. The third-order valence-electron chi connectivity index (χ3n) is 4.28. The fourth-order valence-corrected chi connectivity index (χ4v) is 3.93. The third-order valence-corrected chi connectivity index (χ3v) is 5.38. The Morgan fingerprint density at radius 1 is 1.17 bits per heavy atom. The molecule has 1 aromatic carbocycles. The van der Waals surface area contributed by atoms with Crippen LogP contribution in [0.1, 0.15) is 20.9 Å². The number of halogens is 1. The minimum atomic E-state index is -1.05. The number of carbonyl (C=O) groups is 2. The maximum atomic E-state index is 12.9. The molecule has 3 aromatic heterocycles. The zero-order valence-corrected chi connectivity index (χ0v) is 16.6. The fourth-order valence-electron chi connectivity index (χ4n) is 2.96. The number of pyridine rings is 1. The molecule has 29 heavy (non-hydrogen) atoms. The van der Waals surface area contributed by atoms with Gasteiger partial charge in [0.05, 0.1) is 11.1 Å². The summed E-state index contributed by atoms with van der Waals surface area (Å²) >= 11 is 7.16. The normalized spacial score (nSPS) is 10.9. The van der Waals surface area contributed by atoms with E-state index in [-0.39, 0.29) is 24.7 Å². The highest BCUT2D eigenvalue weighted by Crippen LogP contribution is 2.24. The molecule has 0 aliphatic heterocycles. The molecule has 0 amide bonds. The van der Waals surface area contributed by atoms with Gasteiger partial charge in [-0.2, -0.15) is 4.40 Å². The van der Waals surface area contributed by atoms with Crippen LogP contribution in [0.4, 0.5) is 0 Å². The minimum Gasteiger partial charge on any atom is -0.474 e. The van der Waals surface area contributed by atoms with Crippen molar-refractivity contribution < 1.29 is 23.8 Å². The van der Waals surface area contributed by atoms with Crippen molar-refractivity contribution in [3.05, 3.63) is 81.5 Å². The second-order valence-corrected chi connectivity index (χ2v) is 7.85. The van der Waals surface area contributed by atoms with E-state index < -0.39 is 11.8 Å².